The Hall–Kier alpha value is -2.15. The van der Waals surface area contributed by atoms with Gasteiger partial charge in [-0.2, -0.15) is 0 Å². The van der Waals surface area contributed by atoms with Crippen LogP contribution in [0.5, 0.6) is 5.75 Å². The summed E-state index contributed by atoms with van der Waals surface area (Å²) >= 11 is 0. The number of ether oxygens (including phenoxy) is 2. The summed E-state index contributed by atoms with van der Waals surface area (Å²) in [6.45, 7) is 1.14. The first kappa shape index (κ1) is 15.7. The van der Waals surface area contributed by atoms with Crippen LogP contribution in [0.1, 0.15) is 16.8 Å². The number of carbonyl (C=O) groups excluding carboxylic acids is 1. The van der Waals surface area contributed by atoms with Crippen LogP contribution in [0.15, 0.2) is 18.2 Å². The number of fused-ring (bicyclic) bond motifs is 1. The van der Waals surface area contributed by atoms with Gasteiger partial charge in [-0.1, -0.05) is 0 Å². The molecule has 0 aliphatic carbocycles. The van der Waals surface area contributed by atoms with Gasteiger partial charge in [-0.25, -0.2) is 4.39 Å². The number of aliphatic carboxylic acids is 1. The molecule has 2 fully saturated rings. The molecule has 0 aromatic heterocycles. The molecule has 1 aromatic rings. The summed E-state index contributed by atoms with van der Waals surface area (Å²) < 4.78 is 24.0. The number of hydrogen-bond acceptors (Lipinski definition) is 4. The molecule has 124 valence electrons. The van der Waals surface area contributed by atoms with Crippen molar-refractivity contribution >= 4 is 11.9 Å². The van der Waals surface area contributed by atoms with Crippen LogP contribution >= 0.6 is 0 Å². The second-order valence-corrected chi connectivity index (χ2v) is 6.02. The van der Waals surface area contributed by atoms with Crippen molar-refractivity contribution in [3.8, 4) is 5.75 Å². The molecule has 2 saturated heterocycles. The zero-order valence-corrected chi connectivity index (χ0v) is 12.8. The smallest absolute Gasteiger partial charge is 0.311 e. The van der Waals surface area contributed by atoms with E-state index in [0.29, 0.717) is 26.2 Å². The van der Waals surface area contributed by atoms with E-state index < -0.39 is 17.2 Å². The third kappa shape index (κ3) is 2.55. The average molecular weight is 323 g/mol. The topological polar surface area (TPSA) is 76.1 Å². The SMILES string of the molecule is COc1ccc(C(=O)N2C[C@H]3COCC[C@@]3(C(=O)O)C2)cc1F. The molecule has 0 spiro atoms. The number of likely N-dealkylation sites (tertiary alicyclic amines) is 1. The first-order chi connectivity index (χ1) is 11.0. The molecular weight excluding hydrogens is 305 g/mol. The van der Waals surface area contributed by atoms with E-state index in [4.69, 9.17) is 9.47 Å². The Balaban J connectivity index is 1.84. The van der Waals surface area contributed by atoms with Crippen LogP contribution < -0.4 is 4.74 Å². The number of amides is 1. The van der Waals surface area contributed by atoms with E-state index in [1.807, 2.05) is 0 Å². The van der Waals surface area contributed by atoms with Crippen molar-refractivity contribution in [2.75, 3.05) is 33.4 Å². The van der Waals surface area contributed by atoms with Crippen molar-refractivity contribution in [1.29, 1.82) is 0 Å². The van der Waals surface area contributed by atoms with Crippen molar-refractivity contribution in [1.82, 2.24) is 4.90 Å². The lowest BCUT2D eigenvalue weighted by Crippen LogP contribution is -2.45. The van der Waals surface area contributed by atoms with Crippen molar-refractivity contribution in [2.24, 2.45) is 11.3 Å². The molecule has 1 N–H and O–H groups in total. The number of hydrogen-bond donors (Lipinski definition) is 1. The van der Waals surface area contributed by atoms with E-state index in [0.717, 1.165) is 6.07 Å². The minimum Gasteiger partial charge on any atom is -0.494 e. The number of halogens is 1. The molecule has 2 aliphatic heterocycles. The van der Waals surface area contributed by atoms with Gasteiger partial charge in [0.15, 0.2) is 11.6 Å². The molecule has 7 heteroatoms. The van der Waals surface area contributed by atoms with Crippen LogP contribution in [0.25, 0.3) is 0 Å². The standard InChI is InChI=1S/C16H18FNO5/c1-22-13-3-2-10(6-12(13)17)14(19)18-7-11-8-23-5-4-16(11,9-18)15(20)21/h2-3,6,11H,4-5,7-9H2,1H3,(H,20,21)/t11-,16+/m0/s1. The third-order valence-corrected chi connectivity index (χ3v) is 4.82. The average Bonchev–Trinajstić information content (AvgIpc) is 2.95. The number of methoxy groups -OCH3 is 1. The van der Waals surface area contributed by atoms with E-state index in [1.54, 1.807) is 0 Å². The molecule has 23 heavy (non-hydrogen) atoms. The largest absolute Gasteiger partial charge is 0.494 e. The fraction of sp³-hybridized carbons (Fsp3) is 0.500. The molecule has 0 saturated carbocycles. The molecule has 1 aromatic carbocycles. The summed E-state index contributed by atoms with van der Waals surface area (Å²) in [5.41, 5.74) is -0.776. The molecule has 0 bridgehead atoms. The van der Waals surface area contributed by atoms with Crippen LogP contribution in [0.4, 0.5) is 4.39 Å². The lowest BCUT2D eigenvalue weighted by atomic mass is 9.74. The minimum atomic E-state index is -0.959. The molecule has 6 nitrogen and oxygen atoms in total. The van der Waals surface area contributed by atoms with E-state index in [9.17, 15) is 19.1 Å². The Kier molecular flexibility index (Phi) is 3.97. The summed E-state index contributed by atoms with van der Waals surface area (Å²) in [6.07, 6.45) is 0.383. The quantitative estimate of drug-likeness (QED) is 0.910. The highest BCUT2D eigenvalue weighted by Gasteiger charge is 2.54. The Morgan fingerprint density at radius 3 is 2.87 bits per heavy atom. The lowest BCUT2D eigenvalue weighted by Gasteiger charge is -2.33. The zero-order valence-electron chi connectivity index (χ0n) is 12.8. The zero-order chi connectivity index (χ0) is 16.6. The fourth-order valence-electron chi connectivity index (χ4n) is 3.44. The fourth-order valence-corrected chi connectivity index (χ4v) is 3.44. The van der Waals surface area contributed by atoms with Gasteiger partial charge < -0.3 is 19.5 Å². The van der Waals surface area contributed by atoms with Gasteiger partial charge in [0.1, 0.15) is 0 Å². The summed E-state index contributed by atoms with van der Waals surface area (Å²) in [5.74, 6) is -2.07. The summed E-state index contributed by atoms with van der Waals surface area (Å²) in [7, 11) is 1.35. The van der Waals surface area contributed by atoms with Crippen LogP contribution in [-0.2, 0) is 9.53 Å². The van der Waals surface area contributed by atoms with Crippen LogP contribution in [-0.4, -0.2) is 55.3 Å². The number of carbonyl (C=O) groups is 2. The molecule has 2 atom stereocenters. The normalized spacial score (nSPS) is 26.7. The number of carboxylic acids is 1. The third-order valence-electron chi connectivity index (χ3n) is 4.82. The number of nitrogens with zero attached hydrogens (tertiary/aromatic N) is 1. The first-order valence-electron chi connectivity index (χ1n) is 7.42. The lowest BCUT2D eigenvalue weighted by molar-refractivity contribution is -0.157. The Morgan fingerprint density at radius 2 is 2.26 bits per heavy atom. The monoisotopic (exact) mass is 323 g/mol. The van der Waals surface area contributed by atoms with Gasteiger partial charge >= 0.3 is 5.97 Å². The van der Waals surface area contributed by atoms with Crippen LogP contribution in [0.2, 0.25) is 0 Å². The molecule has 0 unspecified atom stereocenters. The molecule has 0 radical (unpaired) electrons. The summed E-state index contributed by atoms with van der Waals surface area (Å²) in [6, 6.07) is 3.99. The second-order valence-electron chi connectivity index (χ2n) is 6.02. The Labute approximate surface area is 132 Å². The van der Waals surface area contributed by atoms with Crippen LogP contribution in [0, 0.1) is 17.2 Å². The number of rotatable bonds is 3. The molecule has 2 aliphatic rings. The van der Waals surface area contributed by atoms with Gasteiger partial charge in [-0.3, -0.25) is 9.59 Å². The Morgan fingerprint density at radius 1 is 1.48 bits per heavy atom. The minimum absolute atomic E-state index is 0.0621. The van der Waals surface area contributed by atoms with E-state index in [1.165, 1.54) is 24.1 Å². The van der Waals surface area contributed by atoms with Gasteiger partial charge in [-0.15, -0.1) is 0 Å². The van der Waals surface area contributed by atoms with Crippen molar-refractivity contribution in [3.05, 3.63) is 29.6 Å². The highest BCUT2D eigenvalue weighted by molar-refractivity contribution is 5.95. The van der Waals surface area contributed by atoms with Gasteiger partial charge in [0.05, 0.1) is 19.1 Å². The van der Waals surface area contributed by atoms with Crippen molar-refractivity contribution < 1.29 is 28.6 Å². The van der Waals surface area contributed by atoms with Gasteiger partial charge in [0, 0.05) is 31.2 Å². The molecule has 1 amide bonds. The maximum atomic E-state index is 13.8. The van der Waals surface area contributed by atoms with Gasteiger partial charge in [0.25, 0.3) is 5.91 Å². The van der Waals surface area contributed by atoms with Crippen LogP contribution in [0.3, 0.4) is 0 Å². The van der Waals surface area contributed by atoms with Gasteiger partial charge in [0.2, 0.25) is 0 Å². The maximum absolute atomic E-state index is 13.8. The van der Waals surface area contributed by atoms with E-state index >= 15 is 0 Å². The molecular formula is C16H18FNO5. The van der Waals surface area contributed by atoms with Gasteiger partial charge in [-0.05, 0) is 24.6 Å². The predicted octanol–water partition coefficient (Wildman–Crippen LogP) is 1.40. The van der Waals surface area contributed by atoms with Crippen molar-refractivity contribution in [3.63, 3.8) is 0 Å². The first-order valence-corrected chi connectivity index (χ1v) is 7.42. The highest BCUT2D eigenvalue weighted by atomic mass is 19.1. The Bertz CT molecular complexity index is 649. The van der Waals surface area contributed by atoms with Crippen molar-refractivity contribution in [2.45, 2.75) is 6.42 Å². The maximum Gasteiger partial charge on any atom is 0.311 e. The number of carboxylic acid groups (broad SMARTS) is 1. The second kappa shape index (κ2) is 5.81. The number of benzene rings is 1. The summed E-state index contributed by atoms with van der Waals surface area (Å²) in [5, 5.41) is 9.61. The summed E-state index contributed by atoms with van der Waals surface area (Å²) in [4.78, 5) is 25.8. The highest BCUT2D eigenvalue weighted by Crippen LogP contribution is 2.42. The predicted molar refractivity (Wildman–Crippen MR) is 77.9 cm³/mol. The van der Waals surface area contributed by atoms with E-state index in [2.05, 4.69) is 0 Å². The molecule has 2 heterocycles. The van der Waals surface area contributed by atoms with E-state index in [-0.39, 0.29) is 29.7 Å². The molecule has 3 rings (SSSR count).